The molecule has 3 rings (SSSR count). The molecule has 112 valence electrons. The van der Waals surface area contributed by atoms with Crippen molar-refractivity contribution >= 4 is 11.3 Å². The predicted octanol–water partition coefficient (Wildman–Crippen LogP) is 3.69. The van der Waals surface area contributed by atoms with Gasteiger partial charge in [-0.2, -0.15) is 0 Å². The van der Waals surface area contributed by atoms with E-state index in [1.165, 1.54) is 49.8 Å². The molecule has 2 nitrogen and oxygen atoms in total. The van der Waals surface area contributed by atoms with Gasteiger partial charge in [-0.3, -0.25) is 0 Å². The molecule has 2 N–H and O–H groups in total. The summed E-state index contributed by atoms with van der Waals surface area (Å²) in [6.45, 7) is 3.73. The molecule has 3 atom stereocenters. The van der Waals surface area contributed by atoms with Crippen LogP contribution in [0.1, 0.15) is 60.4 Å². The smallest absolute Gasteiger partial charge is 0.0462 e. The lowest BCUT2D eigenvalue weighted by Crippen LogP contribution is -2.28. The Kier molecular flexibility index (Phi) is 4.79. The highest BCUT2D eigenvalue weighted by molar-refractivity contribution is 7.12. The third-order valence-corrected chi connectivity index (χ3v) is 6.60. The highest BCUT2D eigenvalue weighted by Crippen LogP contribution is 2.34. The number of rotatable bonds is 5. The lowest BCUT2D eigenvalue weighted by Gasteiger charge is -2.20. The van der Waals surface area contributed by atoms with Gasteiger partial charge in [-0.25, -0.2) is 0 Å². The van der Waals surface area contributed by atoms with E-state index >= 15 is 0 Å². The lowest BCUT2D eigenvalue weighted by molar-refractivity contribution is 0.191. The van der Waals surface area contributed by atoms with E-state index in [1.54, 1.807) is 10.4 Å². The maximum atomic E-state index is 9.40. The molecule has 0 aliphatic heterocycles. The Morgan fingerprint density at radius 2 is 2.05 bits per heavy atom. The van der Waals surface area contributed by atoms with Crippen LogP contribution in [0.15, 0.2) is 6.07 Å². The number of aryl methyl sites for hydroxylation is 2. The van der Waals surface area contributed by atoms with Crippen LogP contribution in [0.5, 0.6) is 0 Å². The number of fused-ring (bicyclic) bond motifs is 1. The fourth-order valence-electron chi connectivity index (χ4n) is 3.78. The van der Waals surface area contributed by atoms with Crippen LogP contribution in [0, 0.1) is 11.8 Å². The zero-order chi connectivity index (χ0) is 13.9. The minimum atomic E-state index is 0.369. The average molecular weight is 293 g/mol. The highest BCUT2D eigenvalue weighted by atomic mass is 32.1. The number of nitrogens with one attached hydrogen (secondary N) is 1. The zero-order valence-corrected chi connectivity index (χ0v) is 13.3. The number of aliphatic hydroxyl groups excluding tert-OH is 1. The second kappa shape index (κ2) is 6.59. The van der Waals surface area contributed by atoms with Crippen molar-refractivity contribution < 1.29 is 5.11 Å². The summed E-state index contributed by atoms with van der Waals surface area (Å²) >= 11 is 2.02. The molecule has 0 aromatic carbocycles. The second-order valence-electron chi connectivity index (χ2n) is 6.57. The molecule has 0 spiro atoms. The predicted molar refractivity (Wildman–Crippen MR) is 85.3 cm³/mol. The summed E-state index contributed by atoms with van der Waals surface area (Å²) in [5.74, 6) is 1.21. The molecular weight excluding hydrogens is 266 g/mol. The fourth-order valence-corrected chi connectivity index (χ4v) is 5.06. The van der Waals surface area contributed by atoms with Gasteiger partial charge in [-0.05, 0) is 75.5 Å². The summed E-state index contributed by atoms with van der Waals surface area (Å²) in [6, 6.07) is 2.90. The Labute approximate surface area is 126 Å². The molecule has 1 aromatic heterocycles. The molecule has 0 saturated heterocycles. The third-order valence-electron chi connectivity index (χ3n) is 5.18. The molecule has 20 heavy (non-hydrogen) atoms. The molecule has 2 aliphatic carbocycles. The van der Waals surface area contributed by atoms with Crippen LogP contribution in [0.4, 0.5) is 0 Å². The average Bonchev–Trinajstić information content (AvgIpc) is 3.10. The SMILES string of the molecule is CC(NCC1CCCC1CO)c1cc2c(s1)CCCC2. The van der Waals surface area contributed by atoms with Crippen LogP contribution in [-0.4, -0.2) is 18.3 Å². The number of thiophene rings is 1. The van der Waals surface area contributed by atoms with Gasteiger partial charge in [-0.1, -0.05) is 6.42 Å². The Morgan fingerprint density at radius 1 is 1.25 bits per heavy atom. The largest absolute Gasteiger partial charge is 0.396 e. The van der Waals surface area contributed by atoms with E-state index in [1.807, 2.05) is 11.3 Å². The standard InChI is InChI=1S/C17H27NOS/c1-12(18-10-14-6-4-7-15(14)11-19)17-9-13-5-2-3-8-16(13)20-17/h9,12,14-15,18-19H,2-8,10-11H2,1H3. The van der Waals surface area contributed by atoms with Crippen molar-refractivity contribution in [2.24, 2.45) is 11.8 Å². The summed E-state index contributed by atoms with van der Waals surface area (Å²) < 4.78 is 0. The van der Waals surface area contributed by atoms with Crippen LogP contribution in [0.25, 0.3) is 0 Å². The first-order chi connectivity index (χ1) is 9.78. The summed E-state index contributed by atoms with van der Waals surface area (Å²) in [5, 5.41) is 13.1. The van der Waals surface area contributed by atoms with E-state index in [0.29, 0.717) is 24.5 Å². The molecule has 1 fully saturated rings. The van der Waals surface area contributed by atoms with Crippen LogP contribution in [-0.2, 0) is 12.8 Å². The molecule has 0 bridgehead atoms. The summed E-state index contributed by atoms with van der Waals surface area (Å²) in [5.41, 5.74) is 1.61. The van der Waals surface area contributed by atoms with Crippen LogP contribution in [0.2, 0.25) is 0 Å². The topological polar surface area (TPSA) is 32.3 Å². The van der Waals surface area contributed by atoms with E-state index in [9.17, 15) is 5.11 Å². The van der Waals surface area contributed by atoms with Crippen molar-refractivity contribution in [3.05, 3.63) is 21.4 Å². The number of hydrogen-bond acceptors (Lipinski definition) is 3. The molecule has 3 heteroatoms. The highest BCUT2D eigenvalue weighted by Gasteiger charge is 2.27. The van der Waals surface area contributed by atoms with Gasteiger partial charge >= 0.3 is 0 Å². The first-order valence-corrected chi connectivity index (χ1v) is 9.05. The Bertz CT molecular complexity index is 419. The Morgan fingerprint density at radius 3 is 2.85 bits per heavy atom. The molecule has 0 amide bonds. The van der Waals surface area contributed by atoms with Gasteiger partial charge < -0.3 is 10.4 Å². The lowest BCUT2D eigenvalue weighted by atomic mass is 9.96. The zero-order valence-electron chi connectivity index (χ0n) is 12.5. The first kappa shape index (κ1) is 14.6. The van der Waals surface area contributed by atoms with Gasteiger partial charge in [0.15, 0.2) is 0 Å². The van der Waals surface area contributed by atoms with Crippen molar-refractivity contribution in [1.82, 2.24) is 5.32 Å². The van der Waals surface area contributed by atoms with Crippen molar-refractivity contribution in [2.45, 2.75) is 57.9 Å². The van der Waals surface area contributed by atoms with E-state index in [0.717, 1.165) is 6.54 Å². The van der Waals surface area contributed by atoms with Gasteiger partial charge in [0, 0.05) is 22.4 Å². The van der Waals surface area contributed by atoms with Crippen molar-refractivity contribution in [3.63, 3.8) is 0 Å². The minimum Gasteiger partial charge on any atom is -0.396 e. The molecule has 3 unspecified atom stereocenters. The van der Waals surface area contributed by atoms with E-state index in [2.05, 4.69) is 18.3 Å². The summed E-state index contributed by atoms with van der Waals surface area (Å²) in [4.78, 5) is 3.14. The van der Waals surface area contributed by atoms with Crippen molar-refractivity contribution in [1.29, 1.82) is 0 Å². The van der Waals surface area contributed by atoms with Gasteiger partial charge in [-0.15, -0.1) is 11.3 Å². The van der Waals surface area contributed by atoms with Crippen molar-refractivity contribution in [3.8, 4) is 0 Å². The minimum absolute atomic E-state index is 0.369. The van der Waals surface area contributed by atoms with Gasteiger partial charge in [0.2, 0.25) is 0 Å². The molecule has 0 radical (unpaired) electrons. The van der Waals surface area contributed by atoms with Gasteiger partial charge in [0.05, 0.1) is 0 Å². The third kappa shape index (κ3) is 3.10. The van der Waals surface area contributed by atoms with Crippen LogP contribution < -0.4 is 5.32 Å². The Balaban J connectivity index is 1.56. The van der Waals surface area contributed by atoms with Crippen molar-refractivity contribution in [2.75, 3.05) is 13.2 Å². The quantitative estimate of drug-likeness (QED) is 0.868. The fraction of sp³-hybridized carbons (Fsp3) is 0.765. The number of hydrogen-bond donors (Lipinski definition) is 2. The van der Waals surface area contributed by atoms with E-state index in [-0.39, 0.29) is 0 Å². The van der Waals surface area contributed by atoms with E-state index < -0.39 is 0 Å². The number of aliphatic hydroxyl groups is 1. The Hall–Kier alpha value is -0.380. The van der Waals surface area contributed by atoms with Crippen LogP contribution in [0.3, 0.4) is 0 Å². The second-order valence-corrected chi connectivity index (χ2v) is 7.74. The van der Waals surface area contributed by atoms with E-state index in [4.69, 9.17) is 0 Å². The van der Waals surface area contributed by atoms with Gasteiger partial charge in [0.1, 0.15) is 0 Å². The summed E-state index contributed by atoms with van der Waals surface area (Å²) in [6.07, 6.45) is 9.10. The normalized spacial score (nSPS) is 27.5. The monoisotopic (exact) mass is 293 g/mol. The maximum absolute atomic E-state index is 9.40. The molecule has 1 saturated carbocycles. The maximum Gasteiger partial charge on any atom is 0.0462 e. The van der Waals surface area contributed by atoms with Gasteiger partial charge in [0.25, 0.3) is 0 Å². The first-order valence-electron chi connectivity index (χ1n) is 8.23. The molecule has 1 aromatic rings. The molecule has 1 heterocycles. The summed E-state index contributed by atoms with van der Waals surface area (Å²) in [7, 11) is 0. The molecular formula is C17H27NOS. The molecule has 2 aliphatic rings. The van der Waals surface area contributed by atoms with Crippen LogP contribution >= 0.6 is 11.3 Å².